The molecule has 14 aromatic carbocycles. The number of hydrogen-bond donors (Lipinski definition) is 0. The highest BCUT2D eigenvalue weighted by atomic mass is 19.2. The van der Waals surface area contributed by atoms with Crippen LogP contribution in [0.15, 0.2) is 213 Å². The highest BCUT2D eigenvalue weighted by Crippen LogP contribution is 2.40. The van der Waals surface area contributed by atoms with E-state index < -0.39 is 122 Å². The third-order valence-corrected chi connectivity index (χ3v) is 20.3. The van der Waals surface area contributed by atoms with Crippen LogP contribution in [0.5, 0.6) is 40.2 Å². The van der Waals surface area contributed by atoms with Crippen molar-refractivity contribution in [3.05, 3.63) is 374 Å². The predicted octanol–water partition coefficient (Wildman–Crippen LogP) is 32.4. The van der Waals surface area contributed by atoms with Crippen LogP contribution < -0.4 is 33.2 Å². The zero-order valence-corrected chi connectivity index (χ0v) is 75.7. The van der Waals surface area contributed by atoms with Gasteiger partial charge in [-0.1, -0.05) is 191 Å². The van der Waals surface area contributed by atoms with Crippen molar-refractivity contribution < 1.29 is 125 Å². The fraction of sp³-hybridized carbons (Fsp3) is 0.215. The summed E-state index contributed by atoms with van der Waals surface area (Å²) in [6.45, 7) is 26.1. The van der Waals surface area contributed by atoms with Gasteiger partial charge in [-0.05, 0) is 208 Å². The summed E-state index contributed by atoms with van der Waals surface area (Å²) >= 11 is 0. The van der Waals surface area contributed by atoms with Crippen LogP contribution in [0.3, 0.4) is 0 Å². The molecule has 0 aliphatic rings. The smallest absolute Gasteiger partial charge is 0.201 e. The maximum atomic E-state index is 14.0. The van der Waals surface area contributed by atoms with Gasteiger partial charge in [-0.15, -0.1) is 0 Å². The molecule has 7 nitrogen and oxygen atoms in total. The second-order valence-electron chi connectivity index (χ2n) is 29.9. The molecule has 0 atom stereocenters. The van der Waals surface area contributed by atoms with Crippen LogP contribution in [-0.2, 0) is 0 Å². The zero-order chi connectivity index (χ0) is 99.4. The highest BCUT2D eigenvalue weighted by molar-refractivity contribution is 5.91. The second-order valence-corrected chi connectivity index (χ2v) is 29.9. The summed E-state index contributed by atoms with van der Waals surface area (Å²) in [5.41, 5.74) is 1.90. The van der Waals surface area contributed by atoms with E-state index in [-0.39, 0.29) is 201 Å². The largest absolute Gasteiger partial charge is 0.486 e. The van der Waals surface area contributed by atoms with Crippen molar-refractivity contribution in [2.75, 3.05) is 46.2 Å². The van der Waals surface area contributed by atoms with Crippen LogP contribution in [0.25, 0.3) is 75.4 Å². The molecule has 0 radical (unpaired) electrons. The molecule has 0 aliphatic heterocycles. The van der Waals surface area contributed by atoms with Crippen LogP contribution in [0.1, 0.15) is 99.7 Å². The average molecular weight is 1890 g/mol. The van der Waals surface area contributed by atoms with Crippen LogP contribution >= 0.6 is 0 Å². The molecular formula is C107H95F21O7. The number of allylic oxidation sites excluding steroid dienone is 6. The van der Waals surface area contributed by atoms with Gasteiger partial charge in [0.15, 0.2) is 81.0 Å². The number of hydrogen-bond acceptors (Lipinski definition) is 7. The lowest BCUT2D eigenvalue weighted by atomic mass is 10.1. The lowest BCUT2D eigenvalue weighted by molar-refractivity contribution is 0.333. The molecule has 14 rings (SSSR count). The lowest BCUT2D eigenvalue weighted by Crippen LogP contribution is -2.00. The minimum absolute atomic E-state index is 0.0518. The molecule has 0 aliphatic carbocycles. The van der Waals surface area contributed by atoms with E-state index in [9.17, 15) is 92.2 Å². The van der Waals surface area contributed by atoms with Crippen molar-refractivity contribution in [3.63, 3.8) is 0 Å². The summed E-state index contributed by atoms with van der Waals surface area (Å²) in [6.07, 6.45) is 24.9. The Bertz CT molecular complexity index is 6270. The fourth-order valence-corrected chi connectivity index (χ4v) is 12.9. The lowest BCUT2D eigenvalue weighted by Gasteiger charge is -2.10. The molecule has 28 heteroatoms. The van der Waals surface area contributed by atoms with Crippen molar-refractivity contribution in [1.82, 2.24) is 0 Å². The molecule has 135 heavy (non-hydrogen) atoms. The van der Waals surface area contributed by atoms with Gasteiger partial charge in [-0.3, -0.25) is 0 Å². The number of aryl methyl sites for hydroxylation is 7. The van der Waals surface area contributed by atoms with E-state index in [0.29, 0.717) is 0 Å². The molecule has 14 aromatic rings. The first-order valence-corrected chi connectivity index (χ1v) is 42.2. The molecule has 0 bridgehead atoms. The Morgan fingerprint density at radius 2 is 0.333 bits per heavy atom. The van der Waals surface area contributed by atoms with Gasteiger partial charge in [0, 0.05) is 0 Å². The maximum Gasteiger partial charge on any atom is 0.201 e. The molecule has 0 fully saturated rings. The molecule has 0 amide bonds. The number of halogens is 21. The molecule has 0 saturated carbocycles. The van der Waals surface area contributed by atoms with Gasteiger partial charge in [-0.25, -0.2) is 61.5 Å². The molecule has 0 saturated heterocycles. The Hall–Kier alpha value is -13.8. The zero-order valence-electron chi connectivity index (χ0n) is 75.7. The number of rotatable bonds is 24. The van der Waals surface area contributed by atoms with E-state index in [1.165, 1.54) is 146 Å². The Kier molecular flexibility index (Phi) is 39.7. The van der Waals surface area contributed by atoms with E-state index in [2.05, 4.69) is 6.58 Å². The summed E-state index contributed by atoms with van der Waals surface area (Å²) < 4.78 is 327. The Balaban J connectivity index is 0.000000194. The van der Waals surface area contributed by atoms with Crippen molar-refractivity contribution in [2.45, 2.75) is 109 Å². The normalized spacial score (nSPS) is 11.3. The minimum atomic E-state index is -1.23. The molecule has 0 heterocycles. The first-order chi connectivity index (χ1) is 64.4. The Morgan fingerprint density at radius 1 is 0.193 bits per heavy atom. The Morgan fingerprint density at radius 3 is 0.467 bits per heavy atom. The first kappa shape index (κ1) is 107. The van der Waals surface area contributed by atoms with Gasteiger partial charge in [0.1, 0.15) is 87.0 Å². The molecule has 0 spiro atoms. The van der Waals surface area contributed by atoms with Gasteiger partial charge in [-0.2, -0.15) is 30.7 Å². The summed E-state index contributed by atoms with van der Waals surface area (Å²) in [5.74, 6) is -23.4. The minimum Gasteiger partial charge on any atom is -0.486 e. The van der Waals surface area contributed by atoms with E-state index >= 15 is 0 Å². The highest BCUT2D eigenvalue weighted by Gasteiger charge is 2.27. The van der Waals surface area contributed by atoms with Crippen molar-refractivity contribution in [1.29, 1.82) is 0 Å². The molecule has 0 aromatic heterocycles. The summed E-state index contributed by atoms with van der Waals surface area (Å²) in [7, 11) is 0. The standard InChI is InChI=1S/3C16H15F3O.3C15H13F3O.C14H11F3O/c3*1-3-4-5-8-20-12-9-11-7-6-10(2)14(17)13(11)16(19)15(12)18;3*1-3-4-7-19-11-8-10-6-5-9(2)13(16)12(10)15(18)14(11)17;1-3-6-18-10-7-9-5-4-8(2)12(15)11(9)14(17)13(10)16/h3*4-7,9H,3,8H2,1-2H3;3*3-6,8H,7H2,1-2H3;3-5,7H,1,6H2,2H3/b3*5-4-;3*4-3-;. The van der Waals surface area contributed by atoms with Crippen LogP contribution in [0.2, 0.25) is 0 Å². The van der Waals surface area contributed by atoms with E-state index in [4.69, 9.17) is 33.2 Å². The number of fused-ring (bicyclic) bond motifs is 7. The van der Waals surface area contributed by atoms with Gasteiger partial charge < -0.3 is 33.2 Å². The third-order valence-electron chi connectivity index (χ3n) is 20.3. The third kappa shape index (κ3) is 26.0. The molecule has 712 valence electrons. The van der Waals surface area contributed by atoms with Crippen LogP contribution in [0, 0.1) is 171 Å². The number of ether oxygens (including phenoxy) is 7. The van der Waals surface area contributed by atoms with Crippen molar-refractivity contribution >= 4 is 75.4 Å². The molecule has 0 N–H and O–H groups in total. The summed E-state index contributed by atoms with van der Waals surface area (Å²) in [4.78, 5) is 0. The first-order valence-electron chi connectivity index (χ1n) is 42.2. The molecular weight excluding hydrogens is 1800 g/mol. The van der Waals surface area contributed by atoms with Crippen molar-refractivity contribution in [3.8, 4) is 40.2 Å². The van der Waals surface area contributed by atoms with Gasteiger partial charge in [0.25, 0.3) is 0 Å². The van der Waals surface area contributed by atoms with E-state index in [1.807, 2.05) is 39.0 Å². The van der Waals surface area contributed by atoms with E-state index in [1.54, 1.807) is 112 Å². The predicted molar refractivity (Wildman–Crippen MR) is 491 cm³/mol. The maximum absolute atomic E-state index is 14.0. The summed E-state index contributed by atoms with van der Waals surface area (Å²) in [5, 5.41) is -0.439. The quantitative estimate of drug-likeness (QED) is 0.0441. The molecule has 0 unspecified atom stereocenters. The van der Waals surface area contributed by atoms with Crippen LogP contribution in [0.4, 0.5) is 92.2 Å². The van der Waals surface area contributed by atoms with Gasteiger partial charge in [0.05, 0.1) is 37.7 Å². The number of benzene rings is 14. The van der Waals surface area contributed by atoms with Gasteiger partial charge >= 0.3 is 0 Å². The second kappa shape index (κ2) is 50.3. The van der Waals surface area contributed by atoms with Gasteiger partial charge in [0.2, 0.25) is 40.7 Å². The average Bonchev–Trinajstić information content (AvgIpc) is 0.814. The Labute approximate surface area is 767 Å². The van der Waals surface area contributed by atoms with Crippen LogP contribution in [-0.4, -0.2) is 46.2 Å². The summed E-state index contributed by atoms with van der Waals surface area (Å²) in [6, 6.07) is 30.6. The monoisotopic (exact) mass is 1890 g/mol. The van der Waals surface area contributed by atoms with E-state index in [0.717, 1.165) is 19.3 Å². The fourth-order valence-electron chi connectivity index (χ4n) is 12.9. The topological polar surface area (TPSA) is 64.6 Å². The SMILES string of the molecule is C/C=C\COc1cc2ccc(C)c(F)c2c(F)c1F.C/C=C\COc1cc2ccc(C)c(F)c2c(F)c1F.C/C=C\COc1cc2ccc(C)c(F)c2c(F)c1F.C=CCOc1cc2ccc(C)c(F)c2c(F)c1F.CC/C=C\COc1cc2ccc(C)c(F)c2c(F)c1F.CC/C=C\COc1cc2ccc(C)c(F)c2c(F)c1F.CC/C=C\COc1cc2ccc(C)c(F)c2c(F)c1F. The van der Waals surface area contributed by atoms with Crippen molar-refractivity contribution in [2.24, 2.45) is 0 Å².